The fourth-order valence-electron chi connectivity index (χ4n) is 1.40. The fourth-order valence-corrected chi connectivity index (χ4v) is 1.75. The Labute approximate surface area is 123 Å². The van der Waals surface area contributed by atoms with Crippen LogP contribution in [0.25, 0.3) is 0 Å². The molecule has 106 valence electrons. The van der Waals surface area contributed by atoms with Crippen LogP contribution in [-0.2, 0) is 0 Å². The third-order valence-corrected chi connectivity index (χ3v) is 2.93. The van der Waals surface area contributed by atoms with Gasteiger partial charge in [-0.05, 0) is 40.5 Å². The van der Waals surface area contributed by atoms with E-state index in [1.807, 2.05) is 6.92 Å². The largest absolute Gasteiger partial charge is 0.463 e. The summed E-state index contributed by atoms with van der Waals surface area (Å²) in [4.78, 5) is 11.8. The van der Waals surface area contributed by atoms with E-state index in [0.29, 0.717) is 16.8 Å². The predicted molar refractivity (Wildman–Crippen MR) is 77.4 cm³/mol. The number of ether oxygens (including phenoxy) is 1. The first-order valence-electron chi connectivity index (χ1n) is 5.95. The van der Waals surface area contributed by atoms with E-state index in [4.69, 9.17) is 10.5 Å². The number of nitrogens with two attached hydrogens (primary N) is 1. The Morgan fingerprint density at radius 2 is 2.15 bits per heavy atom. The molecule has 0 aliphatic rings. The molecule has 2 aromatic rings. The average molecular weight is 342 g/mol. The number of benzene rings is 1. The lowest BCUT2D eigenvalue weighted by Crippen LogP contribution is -2.07. The summed E-state index contributed by atoms with van der Waals surface area (Å²) >= 11 is 3.30. The molecule has 0 aliphatic heterocycles. The number of halogens is 2. The van der Waals surface area contributed by atoms with Gasteiger partial charge in [-0.25, -0.2) is 4.39 Å². The first-order valence-corrected chi connectivity index (χ1v) is 6.74. The molecule has 2 rings (SSSR count). The molecular weight excluding hydrogens is 329 g/mol. The van der Waals surface area contributed by atoms with E-state index in [1.54, 1.807) is 6.07 Å². The van der Waals surface area contributed by atoms with Gasteiger partial charge in [0.05, 0.1) is 12.3 Å². The van der Waals surface area contributed by atoms with Crippen LogP contribution in [0.2, 0.25) is 0 Å². The van der Waals surface area contributed by atoms with E-state index < -0.39 is 0 Å². The minimum atomic E-state index is -0.375. The third kappa shape index (κ3) is 3.77. The van der Waals surface area contributed by atoms with E-state index in [0.717, 1.165) is 6.42 Å². The summed E-state index contributed by atoms with van der Waals surface area (Å²) in [6.45, 7) is 2.44. The Hall–Kier alpha value is -1.96. The second-order valence-corrected chi connectivity index (χ2v) is 4.75. The molecule has 0 spiro atoms. The van der Waals surface area contributed by atoms with Crippen LogP contribution in [0.15, 0.2) is 22.7 Å². The van der Waals surface area contributed by atoms with Crippen LogP contribution < -0.4 is 15.8 Å². The van der Waals surface area contributed by atoms with Crippen molar-refractivity contribution in [2.24, 2.45) is 0 Å². The van der Waals surface area contributed by atoms with Crippen molar-refractivity contribution in [3.63, 3.8) is 0 Å². The van der Waals surface area contributed by atoms with Crippen LogP contribution in [0.3, 0.4) is 0 Å². The number of nitrogens with one attached hydrogen (secondary N) is 1. The highest BCUT2D eigenvalue weighted by atomic mass is 79.9. The van der Waals surface area contributed by atoms with Crippen LogP contribution in [0.1, 0.15) is 13.3 Å². The second-order valence-electron chi connectivity index (χ2n) is 3.90. The topological polar surface area (TPSA) is 86.0 Å². The standard InChI is InChI=1S/C12H13BrFN5O/c1-2-5-20-12-18-10(15)17-11(19-12)16-9-6-7(14)3-4-8(9)13/h3-4,6H,2,5H2,1H3,(H3,15,16,17,18,19). The lowest BCUT2D eigenvalue weighted by atomic mass is 10.3. The summed E-state index contributed by atoms with van der Waals surface area (Å²) in [7, 11) is 0. The van der Waals surface area contributed by atoms with Crippen molar-refractivity contribution < 1.29 is 9.13 Å². The predicted octanol–water partition coefficient (Wildman–Crippen LogP) is 2.89. The average Bonchev–Trinajstić information content (AvgIpc) is 2.40. The normalized spacial score (nSPS) is 10.3. The van der Waals surface area contributed by atoms with E-state index in [9.17, 15) is 4.39 Å². The maximum atomic E-state index is 13.2. The molecule has 3 N–H and O–H groups in total. The van der Waals surface area contributed by atoms with E-state index in [1.165, 1.54) is 12.1 Å². The summed E-state index contributed by atoms with van der Waals surface area (Å²) < 4.78 is 19.2. The number of aromatic nitrogens is 3. The highest BCUT2D eigenvalue weighted by Gasteiger charge is 2.08. The molecule has 1 aromatic heterocycles. The lowest BCUT2D eigenvalue weighted by Gasteiger charge is -2.09. The van der Waals surface area contributed by atoms with Gasteiger partial charge in [0.1, 0.15) is 5.82 Å². The number of rotatable bonds is 5. The van der Waals surface area contributed by atoms with Crippen molar-refractivity contribution >= 4 is 33.5 Å². The van der Waals surface area contributed by atoms with Crippen LogP contribution in [0, 0.1) is 5.82 Å². The molecule has 0 unspecified atom stereocenters. The van der Waals surface area contributed by atoms with Gasteiger partial charge < -0.3 is 15.8 Å². The fraction of sp³-hybridized carbons (Fsp3) is 0.250. The molecule has 20 heavy (non-hydrogen) atoms. The zero-order valence-electron chi connectivity index (χ0n) is 10.7. The maximum absolute atomic E-state index is 13.2. The summed E-state index contributed by atoms with van der Waals surface area (Å²) in [6.07, 6.45) is 0.823. The number of nitrogens with zero attached hydrogens (tertiary/aromatic N) is 3. The third-order valence-electron chi connectivity index (χ3n) is 2.24. The van der Waals surface area contributed by atoms with Crippen molar-refractivity contribution in [1.29, 1.82) is 0 Å². The first kappa shape index (κ1) is 14.4. The van der Waals surface area contributed by atoms with Gasteiger partial charge in [0.15, 0.2) is 0 Å². The highest BCUT2D eigenvalue weighted by molar-refractivity contribution is 9.10. The first-order chi connectivity index (χ1) is 9.58. The molecule has 0 aliphatic carbocycles. The van der Waals surface area contributed by atoms with Gasteiger partial charge in [-0.2, -0.15) is 15.0 Å². The van der Waals surface area contributed by atoms with Crippen LogP contribution in [-0.4, -0.2) is 21.6 Å². The molecule has 0 radical (unpaired) electrons. The second kappa shape index (κ2) is 6.47. The number of nitrogen functional groups attached to an aromatic ring is 1. The monoisotopic (exact) mass is 341 g/mol. The quantitative estimate of drug-likeness (QED) is 0.869. The molecular formula is C12H13BrFN5O. The Morgan fingerprint density at radius 3 is 2.90 bits per heavy atom. The number of anilines is 3. The molecule has 0 atom stereocenters. The van der Waals surface area contributed by atoms with Gasteiger partial charge in [0, 0.05) is 4.47 Å². The van der Waals surface area contributed by atoms with Crippen molar-refractivity contribution in [2.75, 3.05) is 17.7 Å². The highest BCUT2D eigenvalue weighted by Crippen LogP contribution is 2.25. The summed E-state index contributed by atoms with van der Waals surface area (Å²) in [5, 5.41) is 2.86. The van der Waals surface area contributed by atoms with E-state index in [2.05, 4.69) is 36.2 Å². The van der Waals surface area contributed by atoms with Gasteiger partial charge in [0.25, 0.3) is 0 Å². The molecule has 0 saturated carbocycles. The Kier molecular flexibility index (Phi) is 4.67. The van der Waals surface area contributed by atoms with Gasteiger partial charge in [-0.15, -0.1) is 0 Å². The molecule has 0 saturated heterocycles. The van der Waals surface area contributed by atoms with E-state index in [-0.39, 0.29) is 23.7 Å². The minimum absolute atomic E-state index is 0.0288. The molecule has 6 nitrogen and oxygen atoms in total. The van der Waals surface area contributed by atoms with Crippen molar-refractivity contribution in [3.05, 3.63) is 28.5 Å². The zero-order chi connectivity index (χ0) is 14.5. The van der Waals surface area contributed by atoms with Crippen molar-refractivity contribution in [1.82, 2.24) is 15.0 Å². The van der Waals surface area contributed by atoms with Crippen molar-refractivity contribution in [3.8, 4) is 6.01 Å². The Balaban J connectivity index is 2.24. The van der Waals surface area contributed by atoms with Gasteiger partial charge in [-0.3, -0.25) is 0 Å². The smallest absolute Gasteiger partial charge is 0.323 e. The minimum Gasteiger partial charge on any atom is -0.463 e. The maximum Gasteiger partial charge on any atom is 0.323 e. The van der Waals surface area contributed by atoms with Crippen LogP contribution in [0.5, 0.6) is 6.01 Å². The summed E-state index contributed by atoms with van der Waals surface area (Å²) in [6, 6.07) is 4.37. The molecule has 1 heterocycles. The molecule has 0 amide bonds. The van der Waals surface area contributed by atoms with E-state index >= 15 is 0 Å². The molecule has 0 fully saturated rings. The Bertz CT molecular complexity index is 610. The molecule has 8 heteroatoms. The lowest BCUT2D eigenvalue weighted by molar-refractivity contribution is 0.292. The zero-order valence-corrected chi connectivity index (χ0v) is 12.3. The van der Waals surface area contributed by atoms with Gasteiger partial charge >= 0.3 is 6.01 Å². The summed E-state index contributed by atoms with van der Waals surface area (Å²) in [5.41, 5.74) is 6.07. The van der Waals surface area contributed by atoms with Crippen LogP contribution >= 0.6 is 15.9 Å². The van der Waals surface area contributed by atoms with Crippen molar-refractivity contribution in [2.45, 2.75) is 13.3 Å². The summed E-state index contributed by atoms with van der Waals surface area (Å²) in [5.74, 6) is -0.156. The Morgan fingerprint density at radius 1 is 1.35 bits per heavy atom. The van der Waals surface area contributed by atoms with Gasteiger partial charge in [0.2, 0.25) is 11.9 Å². The number of hydrogen-bond donors (Lipinski definition) is 2. The molecule has 0 bridgehead atoms. The number of hydrogen-bond acceptors (Lipinski definition) is 6. The van der Waals surface area contributed by atoms with Crippen LogP contribution in [0.4, 0.5) is 22.0 Å². The van der Waals surface area contributed by atoms with Gasteiger partial charge in [-0.1, -0.05) is 6.92 Å². The molecule has 1 aromatic carbocycles. The SMILES string of the molecule is CCCOc1nc(N)nc(Nc2cc(F)ccc2Br)n1.